The number of hydrogen-bond donors (Lipinski definition) is 2. The molecule has 5 rings (SSSR count). The molecule has 0 atom stereocenters. The molecule has 0 saturated carbocycles. The summed E-state index contributed by atoms with van der Waals surface area (Å²) < 4.78 is 0. The summed E-state index contributed by atoms with van der Waals surface area (Å²) in [6.45, 7) is 9.22. The minimum Gasteiger partial charge on any atom is -0.355 e. The Morgan fingerprint density at radius 1 is 0.523 bits per heavy atom. The predicted octanol–water partition coefficient (Wildman–Crippen LogP) is 11.8. The molecular formula is C40H54N4. The van der Waals surface area contributed by atoms with Crippen LogP contribution in [0.15, 0.2) is 30.3 Å². The van der Waals surface area contributed by atoms with Crippen molar-refractivity contribution in [2.45, 2.75) is 130 Å². The lowest BCUT2D eigenvalue weighted by Gasteiger charge is -2.11. The molecule has 0 fully saturated rings. The Labute approximate surface area is 265 Å². The van der Waals surface area contributed by atoms with Crippen molar-refractivity contribution >= 4 is 45.9 Å². The van der Waals surface area contributed by atoms with Crippen LogP contribution in [0.3, 0.4) is 0 Å². The average molecular weight is 591 g/mol. The van der Waals surface area contributed by atoms with Crippen LogP contribution in [0, 0.1) is 0 Å². The van der Waals surface area contributed by atoms with E-state index < -0.39 is 0 Å². The largest absolute Gasteiger partial charge is 0.355 e. The molecular weight excluding hydrogens is 536 g/mol. The maximum atomic E-state index is 5.43. The van der Waals surface area contributed by atoms with Gasteiger partial charge < -0.3 is 9.97 Å². The van der Waals surface area contributed by atoms with Crippen LogP contribution in [0.1, 0.15) is 151 Å². The fourth-order valence-corrected chi connectivity index (χ4v) is 6.75. The van der Waals surface area contributed by atoms with Gasteiger partial charge in [0.1, 0.15) is 0 Å². The Kier molecular flexibility index (Phi) is 11.7. The zero-order valence-corrected chi connectivity index (χ0v) is 27.8. The van der Waals surface area contributed by atoms with E-state index in [0.29, 0.717) is 0 Å². The van der Waals surface area contributed by atoms with Gasteiger partial charge in [-0.3, -0.25) is 0 Å². The van der Waals surface area contributed by atoms with E-state index in [-0.39, 0.29) is 0 Å². The van der Waals surface area contributed by atoms with Crippen molar-refractivity contribution in [3.63, 3.8) is 0 Å². The molecule has 0 spiro atoms. The minimum absolute atomic E-state index is 0.984. The Morgan fingerprint density at radius 3 is 1.70 bits per heavy atom. The smallest absolute Gasteiger partial charge is 0.0722 e. The molecule has 2 aliphatic rings. The fraction of sp³-hybridized carbons (Fsp3) is 0.500. The first-order valence-corrected chi connectivity index (χ1v) is 17.8. The lowest BCUT2D eigenvalue weighted by Crippen LogP contribution is -1.99. The maximum Gasteiger partial charge on any atom is 0.0722 e. The van der Waals surface area contributed by atoms with Crippen molar-refractivity contribution < 1.29 is 0 Å². The molecule has 3 aromatic heterocycles. The molecule has 0 amide bonds. The highest BCUT2D eigenvalue weighted by Crippen LogP contribution is 2.35. The Balaban J connectivity index is 1.84. The maximum absolute atomic E-state index is 5.43. The second kappa shape index (κ2) is 16.1. The SMILES string of the molecule is CCCCCC1=Cc2cc3ccc(cc4nc(cc5[nH]c(c(CCCCC)c1n2)c(CCCCC)c5CCCCC)C=C4)[nH]3. The van der Waals surface area contributed by atoms with Crippen molar-refractivity contribution in [3.8, 4) is 0 Å². The zero-order chi connectivity index (χ0) is 30.7. The number of aromatic amines is 2. The van der Waals surface area contributed by atoms with Crippen LogP contribution in [0.2, 0.25) is 0 Å². The van der Waals surface area contributed by atoms with Gasteiger partial charge in [-0.25, -0.2) is 9.97 Å². The minimum atomic E-state index is 0.984. The van der Waals surface area contributed by atoms with E-state index in [4.69, 9.17) is 9.97 Å². The number of nitrogens with zero attached hydrogens (tertiary/aromatic N) is 2. The molecule has 0 saturated heterocycles. The summed E-state index contributed by atoms with van der Waals surface area (Å²) >= 11 is 0. The number of hydrogen-bond acceptors (Lipinski definition) is 2. The van der Waals surface area contributed by atoms with Gasteiger partial charge in [-0.1, -0.05) is 79.1 Å². The number of unbranched alkanes of at least 4 members (excludes halogenated alkanes) is 8. The Bertz CT molecular complexity index is 1610. The van der Waals surface area contributed by atoms with Crippen molar-refractivity contribution in [3.05, 3.63) is 69.8 Å². The summed E-state index contributed by atoms with van der Waals surface area (Å²) in [6.07, 6.45) is 25.8. The summed E-state index contributed by atoms with van der Waals surface area (Å²) in [5.74, 6) is 0. The van der Waals surface area contributed by atoms with Crippen LogP contribution in [-0.4, -0.2) is 19.9 Å². The molecule has 4 heteroatoms. The average Bonchev–Trinajstić information content (AvgIpc) is 3.81. The van der Waals surface area contributed by atoms with E-state index in [1.807, 2.05) is 0 Å². The van der Waals surface area contributed by atoms with Crippen LogP contribution in [0.25, 0.3) is 45.9 Å². The van der Waals surface area contributed by atoms with Crippen molar-refractivity contribution in [1.29, 1.82) is 0 Å². The standard InChI is InChI=1S/C40H54N4/c1-5-9-13-17-29-25-34-27-32-22-21-30(41-32)26-31-23-24-33(42-31)28-38-35(18-14-10-6-2)36(19-15-11-7-3)40(44-38)37(39(29)43-34)20-16-12-8-4/h21-28,41,44H,5-20H2,1-4H3. The van der Waals surface area contributed by atoms with Gasteiger partial charge >= 0.3 is 0 Å². The molecule has 2 aliphatic heterocycles. The first-order valence-electron chi connectivity index (χ1n) is 17.8. The molecule has 0 aliphatic carbocycles. The van der Waals surface area contributed by atoms with Gasteiger partial charge in [0.05, 0.1) is 22.8 Å². The van der Waals surface area contributed by atoms with Crippen LogP contribution < -0.4 is 0 Å². The van der Waals surface area contributed by atoms with Gasteiger partial charge in [0.25, 0.3) is 0 Å². The number of nitrogens with one attached hydrogen (secondary N) is 2. The number of aryl methyl sites for hydroxylation is 3. The molecule has 0 unspecified atom stereocenters. The zero-order valence-electron chi connectivity index (χ0n) is 27.8. The van der Waals surface area contributed by atoms with E-state index in [1.165, 1.54) is 116 Å². The van der Waals surface area contributed by atoms with Gasteiger partial charge in [-0.2, -0.15) is 0 Å². The monoisotopic (exact) mass is 590 g/mol. The lowest BCUT2D eigenvalue weighted by atomic mass is 9.93. The molecule has 3 aromatic rings. The van der Waals surface area contributed by atoms with Crippen molar-refractivity contribution in [1.82, 2.24) is 19.9 Å². The normalized spacial score (nSPS) is 12.7. The van der Waals surface area contributed by atoms with Crippen LogP contribution in [0.4, 0.5) is 0 Å². The third kappa shape index (κ3) is 8.00. The summed E-state index contributed by atoms with van der Waals surface area (Å²) in [6, 6.07) is 11.0. The summed E-state index contributed by atoms with van der Waals surface area (Å²) in [5, 5.41) is 0. The van der Waals surface area contributed by atoms with Gasteiger partial charge in [0.2, 0.25) is 0 Å². The molecule has 234 valence electrons. The van der Waals surface area contributed by atoms with E-state index in [2.05, 4.69) is 86.2 Å². The summed E-state index contributed by atoms with van der Waals surface area (Å²) in [4.78, 5) is 18.1. The highest BCUT2D eigenvalue weighted by atomic mass is 14.8. The third-order valence-corrected chi connectivity index (χ3v) is 9.16. The van der Waals surface area contributed by atoms with E-state index in [0.717, 1.165) is 53.8 Å². The highest BCUT2D eigenvalue weighted by molar-refractivity contribution is 5.88. The van der Waals surface area contributed by atoms with Crippen LogP contribution in [0.5, 0.6) is 0 Å². The van der Waals surface area contributed by atoms with Crippen LogP contribution >= 0.6 is 0 Å². The molecule has 5 heterocycles. The van der Waals surface area contributed by atoms with Crippen molar-refractivity contribution in [2.75, 3.05) is 0 Å². The highest BCUT2D eigenvalue weighted by Gasteiger charge is 2.20. The molecule has 0 radical (unpaired) electrons. The fourth-order valence-electron chi connectivity index (χ4n) is 6.75. The predicted molar refractivity (Wildman–Crippen MR) is 192 cm³/mol. The first kappa shape index (κ1) is 32.0. The molecule has 4 nitrogen and oxygen atoms in total. The molecule has 44 heavy (non-hydrogen) atoms. The summed E-state index contributed by atoms with van der Waals surface area (Å²) in [5.41, 5.74) is 14.9. The van der Waals surface area contributed by atoms with Crippen molar-refractivity contribution in [2.24, 2.45) is 0 Å². The van der Waals surface area contributed by atoms with Crippen LogP contribution in [-0.2, 0) is 19.3 Å². The van der Waals surface area contributed by atoms with Gasteiger partial charge in [-0.15, -0.1) is 0 Å². The van der Waals surface area contributed by atoms with Gasteiger partial charge in [-0.05, 0) is 117 Å². The second-order valence-electron chi connectivity index (χ2n) is 12.8. The number of fused-ring (bicyclic) bond motifs is 8. The molecule has 2 N–H and O–H groups in total. The number of rotatable bonds is 16. The lowest BCUT2D eigenvalue weighted by molar-refractivity contribution is 0.697. The molecule has 0 aromatic carbocycles. The Hall–Kier alpha value is -3.40. The number of aromatic nitrogens is 4. The van der Waals surface area contributed by atoms with E-state index in [9.17, 15) is 0 Å². The van der Waals surface area contributed by atoms with Gasteiger partial charge in [0.15, 0.2) is 0 Å². The first-order chi connectivity index (χ1) is 21.6. The van der Waals surface area contributed by atoms with E-state index in [1.54, 1.807) is 0 Å². The topological polar surface area (TPSA) is 57.4 Å². The number of H-pyrrole nitrogens is 2. The second-order valence-corrected chi connectivity index (χ2v) is 12.8. The number of allylic oxidation sites excluding steroid dienone is 1. The quantitative estimate of drug-likeness (QED) is 0.128. The van der Waals surface area contributed by atoms with E-state index >= 15 is 0 Å². The van der Waals surface area contributed by atoms with Gasteiger partial charge in [0, 0.05) is 27.6 Å². The summed E-state index contributed by atoms with van der Waals surface area (Å²) in [7, 11) is 0. The Morgan fingerprint density at radius 2 is 1.07 bits per heavy atom. The molecule has 8 bridgehead atoms. The third-order valence-electron chi connectivity index (χ3n) is 9.16.